The molecular weight excluding hydrogens is 386 g/mol. The number of carbonyl (C=O) groups excluding carboxylic acids is 3. The van der Waals surface area contributed by atoms with Gasteiger partial charge in [-0.1, -0.05) is 42.5 Å². The summed E-state index contributed by atoms with van der Waals surface area (Å²) in [6, 6.07) is 6.98. The van der Waals surface area contributed by atoms with Gasteiger partial charge in [0, 0.05) is 12.8 Å². The standard InChI is InChI=1S/C22H27N3O5/c23-19(26)14-24-22(30)18(11-13-21(28)29)25-20(27)12-8-15-6-9-17(10-7-15)16-4-2-1-3-5-16/h1-2,4,6-7,9-10,18H,3,5,8,11-14H2,(H2,23,26)(H,24,30)(H,25,27)(H,28,29). The number of nitrogens with two attached hydrogens (primary N) is 1. The van der Waals surface area contributed by atoms with Crippen molar-refractivity contribution in [2.24, 2.45) is 5.73 Å². The summed E-state index contributed by atoms with van der Waals surface area (Å²) in [7, 11) is 0. The van der Waals surface area contributed by atoms with E-state index in [2.05, 4.69) is 28.9 Å². The van der Waals surface area contributed by atoms with Crippen LogP contribution in [0.4, 0.5) is 0 Å². The molecule has 0 radical (unpaired) electrons. The Hall–Kier alpha value is -3.42. The van der Waals surface area contributed by atoms with Gasteiger partial charge in [-0.25, -0.2) is 0 Å². The highest BCUT2D eigenvalue weighted by Gasteiger charge is 2.21. The Bertz CT molecular complexity index is 843. The van der Waals surface area contributed by atoms with Gasteiger partial charge in [0.25, 0.3) is 0 Å². The van der Waals surface area contributed by atoms with Crippen LogP contribution in [0.3, 0.4) is 0 Å². The topological polar surface area (TPSA) is 139 Å². The second-order valence-corrected chi connectivity index (χ2v) is 7.09. The highest BCUT2D eigenvalue weighted by molar-refractivity contribution is 5.90. The van der Waals surface area contributed by atoms with E-state index in [1.807, 2.05) is 24.3 Å². The Balaban J connectivity index is 1.88. The fourth-order valence-corrected chi connectivity index (χ4v) is 3.09. The molecule has 1 aliphatic rings. The lowest BCUT2D eigenvalue weighted by atomic mass is 9.96. The third-order valence-corrected chi connectivity index (χ3v) is 4.71. The molecule has 1 unspecified atom stereocenters. The molecule has 0 aromatic heterocycles. The summed E-state index contributed by atoms with van der Waals surface area (Å²) < 4.78 is 0. The van der Waals surface area contributed by atoms with E-state index < -0.39 is 23.8 Å². The van der Waals surface area contributed by atoms with Gasteiger partial charge in [0.15, 0.2) is 0 Å². The first-order valence-electron chi connectivity index (χ1n) is 9.87. The summed E-state index contributed by atoms with van der Waals surface area (Å²) in [5, 5.41) is 13.7. The second-order valence-electron chi connectivity index (χ2n) is 7.09. The van der Waals surface area contributed by atoms with E-state index in [0.29, 0.717) is 6.42 Å². The number of aryl methyl sites for hydroxylation is 1. The van der Waals surface area contributed by atoms with Crippen molar-refractivity contribution in [2.75, 3.05) is 6.54 Å². The summed E-state index contributed by atoms with van der Waals surface area (Å²) >= 11 is 0. The normalized spacial score (nSPS) is 13.8. The monoisotopic (exact) mass is 413 g/mol. The summed E-state index contributed by atoms with van der Waals surface area (Å²) in [5.41, 5.74) is 8.42. The van der Waals surface area contributed by atoms with Crippen molar-refractivity contribution in [3.63, 3.8) is 0 Å². The molecule has 8 nitrogen and oxygen atoms in total. The van der Waals surface area contributed by atoms with E-state index in [0.717, 1.165) is 24.0 Å². The fourth-order valence-electron chi connectivity index (χ4n) is 3.09. The molecule has 1 atom stereocenters. The van der Waals surface area contributed by atoms with Crippen LogP contribution in [0.15, 0.2) is 42.5 Å². The lowest BCUT2D eigenvalue weighted by Gasteiger charge is -2.17. The van der Waals surface area contributed by atoms with Crippen molar-refractivity contribution >= 4 is 29.3 Å². The maximum Gasteiger partial charge on any atom is 0.303 e. The number of carboxylic acids is 1. The zero-order valence-corrected chi connectivity index (χ0v) is 16.7. The molecule has 0 spiro atoms. The van der Waals surface area contributed by atoms with Gasteiger partial charge in [0.1, 0.15) is 6.04 Å². The second kappa shape index (κ2) is 11.5. The van der Waals surface area contributed by atoms with Crippen molar-refractivity contribution in [1.29, 1.82) is 0 Å². The minimum atomic E-state index is -1.08. The Morgan fingerprint density at radius 1 is 1.10 bits per heavy atom. The number of allylic oxidation sites excluding steroid dienone is 4. The lowest BCUT2D eigenvalue weighted by molar-refractivity contribution is -0.138. The van der Waals surface area contributed by atoms with Gasteiger partial charge in [0.2, 0.25) is 17.7 Å². The van der Waals surface area contributed by atoms with E-state index in [1.165, 1.54) is 5.57 Å². The number of benzene rings is 1. The van der Waals surface area contributed by atoms with Crippen LogP contribution >= 0.6 is 0 Å². The number of rotatable bonds is 11. The Morgan fingerprint density at radius 3 is 2.43 bits per heavy atom. The van der Waals surface area contributed by atoms with Crippen LogP contribution in [0.25, 0.3) is 5.57 Å². The zero-order chi connectivity index (χ0) is 21.9. The minimum Gasteiger partial charge on any atom is -0.481 e. The first-order chi connectivity index (χ1) is 14.3. The van der Waals surface area contributed by atoms with Crippen LogP contribution < -0.4 is 16.4 Å². The molecule has 1 aliphatic carbocycles. The molecular formula is C22H27N3O5. The number of hydrogen-bond donors (Lipinski definition) is 4. The highest BCUT2D eigenvalue weighted by Crippen LogP contribution is 2.23. The fraction of sp³-hybridized carbons (Fsp3) is 0.364. The molecule has 5 N–H and O–H groups in total. The largest absolute Gasteiger partial charge is 0.481 e. The molecule has 0 aliphatic heterocycles. The summed E-state index contributed by atoms with van der Waals surface area (Å²) in [6.45, 7) is -0.378. The molecule has 1 aromatic carbocycles. The van der Waals surface area contributed by atoms with Gasteiger partial charge < -0.3 is 21.5 Å². The minimum absolute atomic E-state index is 0.0794. The van der Waals surface area contributed by atoms with Gasteiger partial charge in [-0.2, -0.15) is 0 Å². The molecule has 3 amide bonds. The van der Waals surface area contributed by atoms with Crippen LogP contribution in [0.1, 0.15) is 43.2 Å². The Kier molecular flexibility index (Phi) is 8.80. The van der Waals surface area contributed by atoms with E-state index in [1.54, 1.807) is 0 Å². The van der Waals surface area contributed by atoms with Crippen LogP contribution in [-0.2, 0) is 25.6 Å². The van der Waals surface area contributed by atoms with E-state index in [9.17, 15) is 19.2 Å². The Morgan fingerprint density at radius 2 is 1.83 bits per heavy atom. The molecule has 2 rings (SSSR count). The molecule has 0 saturated carbocycles. The number of nitrogens with one attached hydrogen (secondary N) is 2. The molecule has 0 bridgehead atoms. The predicted molar refractivity (Wildman–Crippen MR) is 112 cm³/mol. The summed E-state index contributed by atoms with van der Waals surface area (Å²) in [4.78, 5) is 46.0. The van der Waals surface area contributed by atoms with E-state index in [-0.39, 0.29) is 31.7 Å². The van der Waals surface area contributed by atoms with Crippen molar-refractivity contribution in [2.45, 2.75) is 44.6 Å². The third-order valence-electron chi connectivity index (χ3n) is 4.71. The van der Waals surface area contributed by atoms with Gasteiger partial charge >= 0.3 is 5.97 Å². The highest BCUT2D eigenvalue weighted by atomic mass is 16.4. The number of hydrogen-bond acceptors (Lipinski definition) is 4. The molecule has 0 fully saturated rings. The van der Waals surface area contributed by atoms with Gasteiger partial charge in [-0.15, -0.1) is 0 Å². The maximum atomic E-state index is 12.3. The van der Waals surface area contributed by atoms with Crippen molar-refractivity contribution in [3.8, 4) is 0 Å². The number of carbonyl (C=O) groups is 4. The van der Waals surface area contributed by atoms with Crippen LogP contribution in [0.5, 0.6) is 0 Å². The summed E-state index contributed by atoms with van der Waals surface area (Å²) in [6.07, 6.45) is 8.60. The van der Waals surface area contributed by atoms with Crippen molar-refractivity contribution in [1.82, 2.24) is 10.6 Å². The third kappa shape index (κ3) is 7.90. The molecule has 8 heteroatoms. The quantitative estimate of drug-likeness (QED) is 0.433. The van der Waals surface area contributed by atoms with Crippen LogP contribution in [0.2, 0.25) is 0 Å². The lowest BCUT2D eigenvalue weighted by Crippen LogP contribution is -2.48. The van der Waals surface area contributed by atoms with E-state index >= 15 is 0 Å². The number of amides is 3. The summed E-state index contributed by atoms with van der Waals surface area (Å²) in [5.74, 6) is -2.82. The zero-order valence-electron chi connectivity index (χ0n) is 16.7. The molecule has 1 aromatic rings. The Labute approximate surface area is 175 Å². The van der Waals surface area contributed by atoms with Crippen LogP contribution in [0, 0.1) is 0 Å². The van der Waals surface area contributed by atoms with Crippen LogP contribution in [-0.4, -0.2) is 41.4 Å². The first kappa shape index (κ1) is 22.9. The van der Waals surface area contributed by atoms with Crippen molar-refractivity contribution in [3.05, 3.63) is 53.6 Å². The maximum absolute atomic E-state index is 12.3. The first-order valence-corrected chi connectivity index (χ1v) is 9.87. The number of carboxylic acid groups (broad SMARTS) is 1. The number of aliphatic carboxylic acids is 1. The SMILES string of the molecule is NC(=O)CNC(=O)C(CCC(=O)O)NC(=O)CCc1ccc(C2=CC=CCC2)cc1. The van der Waals surface area contributed by atoms with Gasteiger partial charge in [-0.3, -0.25) is 19.2 Å². The smallest absolute Gasteiger partial charge is 0.303 e. The predicted octanol–water partition coefficient (Wildman–Crippen LogP) is 1.30. The molecule has 0 saturated heterocycles. The average molecular weight is 413 g/mol. The molecule has 160 valence electrons. The van der Waals surface area contributed by atoms with E-state index in [4.69, 9.17) is 10.8 Å². The number of primary amides is 1. The van der Waals surface area contributed by atoms with Gasteiger partial charge in [0.05, 0.1) is 6.54 Å². The molecule has 30 heavy (non-hydrogen) atoms. The average Bonchev–Trinajstić information content (AvgIpc) is 2.74. The van der Waals surface area contributed by atoms with Crippen molar-refractivity contribution < 1.29 is 24.3 Å². The molecule has 0 heterocycles. The van der Waals surface area contributed by atoms with Gasteiger partial charge in [-0.05, 0) is 42.4 Å².